The van der Waals surface area contributed by atoms with E-state index in [0.717, 1.165) is 4.90 Å². The fraction of sp³-hybridized carbons (Fsp3) is 0.762. The SMILES string of the molecule is C=C(N1CCN(C(=O)[C@H]2CCN(C(=O)OC(C)(C)C)C[C@H]2CC)CC1=NC)C(F)(F)F. The van der Waals surface area contributed by atoms with Crippen LogP contribution in [0.2, 0.25) is 0 Å². The molecule has 2 aliphatic rings. The molecule has 0 bridgehead atoms. The minimum absolute atomic E-state index is 0.00709. The van der Waals surface area contributed by atoms with Gasteiger partial charge in [-0.15, -0.1) is 0 Å². The molecule has 0 radical (unpaired) electrons. The summed E-state index contributed by atoms with van der Waals surface area (Å²) >= 11 is 0. The van der Waals surface area contributed by atoms with E-state index >= 15 is 0 Å². The van der Waals surface area contributed by atoms with Crippen LogP contribution in [0.25, 0.3) is 0 Å². The molecule has 2 atom stereocenters. The molecule has 10 heteroatoms. The Morgan fingerprint density at radius 2 is 1.81 bits per heavy atom. The van der Waals surface area contributed by atoms with Crippen LogP contribution in [0.4, 0.5) is 18.0 Å². The number of hydrogen-bond donors (Lipinski definition) is 0. The number of halogens is 3. The summed E-state index contributed by atoms with van der Waals surface area (Å²) < 4.78 is 44.7. The molecule has 2 saturated heterocycles. The average Bonchev–Trinajstić information content (AvgIpc) is 2.69. The van der Waals surface area contributed by atoms with Gasteiger partial charge >= 0.3 is 12.3 Å². The highest BCUT2D eigenvalue weighted by molar-refractivity contribution is 5.91. The molecule has 2 heterocycles. The van der Waals surface area contributed by atoms with Gasteiger partial charge in [0.15, 0.2) is 0 Å². The summed E-state index contributed by atoms with van der Waals surface area (Å²) in [5.41, 5.74) is -1.57. The van der Waals surface area contributed by atoms with Crippen LogP contribution in [0, 0.1) is 11.8 Å². The van der Waals surface area contributed by atoms with Crippen LogP contribution in [-0.4, -0.2) is 84.1 Å². The zero-order chi connectivity index (χ0) is 23.6. The van der Waals surface area contributed by atoms with Crippen LogP contribution >= 0.6 is 0 Å². The van der Waals surface area contributed by atoms with E-state index < -0.39 is 23.6 Å². The predicted molar refractivity (Wildman–Crippen MR) is 112 cm³/mol. The fourth-order valence-electron chi connectivity index (χ4n) is 4.01. The highest BCUT2D eigenvalue weighted by Gasteiger charge is 2.42. The third-order valence-corrected chi connectivity index (χ3v) is 5.69. The van der Waals surface area contributed by atoms with Crippen molar-refractivity contribution in [1.82, 2.24) is 14.7 Å². The number of carbonyl (C=O) groups is 2. The van der Waals surface area contributed by atoms with Crippen molar-refractivity contribution < 1.29 is 27.5 Å². The molecule has 31 heavy (non-hydrogen) atoms. The van der Waals surface area contributed by atoms with E-state index in [-0.39, 0.29) is 43.2 Å². The summed E-state index contributed by atoms with van der Waals surface area (Å²) in [6, 6.07) is 0. The first kappa shape index (κ1) is 25.0. The molecule has 2 fully saturated rings. The smallest absolute Gasteiger partial charge is 0.430 e. The Labute approximate surface area is 181 Å². The van der Waals surface area contributed by atoms with Gasteiger partial charge in [-0.3, -0.25) is 9.79 Å². The van der Waals surface area contributed by atoms with Gasteiger partial charge in [-0.05, 0) is 33.1 Å². The number of piperidine rings is 1. The summed E-state index contributed by atoms with van der Waals surface area (Å²) in [7, 11) is 1.41. The number of amidine groups is 1. The quantitative estimate of drug-likeness (QED) is 0.666. The van der Waals surface area contributed by atoms with Gasteiger partial charge in [0.1, 0.15) is 17.1 Å². The van der Waals surface area contributed by atoms with E-state index in [2.05, 4.69) is 11.6 Å². The Morgan fingerprint density at radius 1 is 1.16 bits per heavy atom. The first-order chi connectivity index (χ1) is 14.3. The molecule has 0 spiro atoms. The van der Waals surface area contributed by atoms with Crippen molar-refractivity contribution in [2.45, 2.75) is 52.3 Å². The van der Waals surface area contributed by atoms with Gasteiger partial charge in [0.05, 0.1) is 6.54 Å². The molecule has 0 aromatic heterocycles. The molecule has 0 aromatic carbocycles. The maximum atomic E-state index is 13.2. The minimum Gasteiger partial charge on any atom is -0.444 e. The molecule has 0 aromatic rings. The predicted octanol–water partition coefficient (Wildman–Crippen LogP) is 3.52. The third kappa shape index (κ3) is 6.13. The third-order valence-electron chi connectivity index (χ3n) is 5.69. The number of aliphatic imine (C=N–C) groups is 1. The van der Waals surface area contributed by atoms with E-state index in [4.69, 9.17) is 4.74 Å². The lowest BCUT2D eigenvalue weighted by molar-refractivity contribution is -0.139. The number of amides is 2. The highest BCUT2D eigenvalue weighted by Crippen LogP contribution is 2.31. The lowest BCUT2D eigenvalue weighted by atomic mass is 9.82. The molecule has 7 nitrogen and oxygen atoms in total. The Morgan fingerprint density at radius 3 is 2.32 bits per heavy atom. The second kappa shape index (κ2) is 9.48. The number of alkyl halides is 3. The summed E-state index contributed by atoms with van der Waals surface area (Å²) in [6.45, 7) is 11.5. The van der Waals surface area contributed by atoms with Crippen LogP contribution in [0.15, 0.2) is 17.3 Å². The highest BCUT2D eigenvalue weighted by atomic mass is 19.4. The molecule has 0 N–H and O–H groups in total. The van der Waals surface area contributed by atoms with Crippen molar-refractivity contribution in [2.75, 3.05) is 39.8 Å². The summed E-state index contributed by atoms with van der Waals surface area (Å²) in [6.07, 6.45) is -3.75. The maximum absolute atomic E-state index is 13.2. The van der Waals surface area contributed by atoms with Crippen LogP contribution in [0.1, 0.15) is 40.5 Å². The zero-order valence-corrected chi connectivity index (χ0v) is 19.0. The Bertz CT molecular complexity index is 730. The summed E-state index contributed by atoms with van der Waals surface area (Å²) in [5, 5.41) is 0. The molecule has 0 aliphatic carbocycles. The van der Waals surface area contributed by atoms with Crippen LogP contribution in [0.3, 0.4) is 0 Å². The second-order valence-corrected chi connectivity index (χ2v) is 8.99. The number of allylic oxidation sites excluding steroid dienone is 1. The number of ether oxygens (including phenoxy) is 1. The number of rotatable bonds is 3. The molecule has 2 rings (SSSR count). The van der Waals surface area contributed by atoms with Gasteiger partial charge in [-0.2, -0.15) is 13.2 Å². The van der Waals surface area contributed by atoms with Gasteiger partial charge in [0.25, 0.3) is 0 Å². The van der Waals surface area contributed by atoms with Gasteiger partial charge in [0.2, 0.25) is 5.91 Å². The van der Waals surface area contributed by atoms with Crippen molar-refractivity contribution in [3.63, 3.8) is 0 Å². The molecule has 2 aliphatic heterocycles. The van der Waals surface area contributed by atoms with Gasteiger partial charge in [-0.25, -0.2) is 4.79 Å². The molecule has 0 saturated carbocycles. The summed E-state index contributed by atoms with van der Waals surface area (Å²) in [5.74, 6) is -0.270. The fourth-order valence-corrected chi connectivity index (χ4v) is 4.01. The molecular formula is C21H33F3N4O3. The normalized spacial score (nSPS) is 24.4. The second-order valence-electron chi connectivity index (χ2n) is 8.99. The lowest BCUT2D eigenvalue weighted by Crippen LogP contribution is -2.56. The Balaban J connectivity index is 2.05. The number of likely N-dealkylation sites (tertiary alicyclic amines) is 1. The van der Waals surface area contributed by atoms with Crippen LogP contribution in [0.5, 0.6) is 0 Å². The number of nitrogens with zero attached hydrogens (tertiary/aromatic N) is 4. The zero-order valence-electron chi connectivity index (χ0n) is 19.0. The Hall–Kier alpha value is -2.26. The standard InChI is InChI=1S/C21H33F3N4O3/c1-7-15-12-27(19(30)31-20(3,4)5)9-8-16(15)18(29)26-10-11-28(17(13-26)25-6)14(2)21(22,23)24/h15-16H,2,7-13H2,1,3-6H3/t15-,16+/m1/s1. The van der Waals surface area contributed by atoms with Gasteiger partial charge < -0.3 is 19.4 Å². The van der Waals surface area contributed by atoms with Crippen molar-refractivity contribution in [1.29, 1.82) is 0 Å². The van der Waals surface area contributed by atoms with Crippen molar-refractivity contribution >= 4 is 17.8 Å². The molecule has 2 amide bonds. The topological polar surface area (TPSA) is 65.5 Å². The number of carbonyl (C=O) groups excluding carboxylic acids is 2. The monoisotopic (exact) mass is 446 g/mol. The lowest BCUT2D eigenvalue weighted by Gasteiger charge is -2.43. The first-order valence-corrected chi connectivity index (χ1v) is 10.5. The first-order valence-electron chi connectivity index (χ1n) is 10.5. The van der Waals surface area contributed by atoms with Crippen LogP contribution in [-0.2, 0) is 9.53 Å². The average molecular weight is 447 g/mol. The number of piperazine rings is 1. The van der Waals surface area contributed by atoms with Crippen molar-refractivity contribution in [3.05, 3.63) is 12.3 Å². The van der Waals surface area contributed by atoms with E-state index in [1.165, 1.54) is 7.05 Å². The molecular weight excluding hydrogens is 413 g/mol. The minimum atomic E-state index is -4.55. The van der Waals surface area contributed by atoms with Crippen molar-refractivity contribution in [2.24, 2.45) is 16.8 Å². The largest absolute Gasteiger partial charge is 0.444 e. The number of hydrogen-bond acceptors (Lipinski definition) is 4. The Kier molecular flexibility index (Phi) is 7.65. The maximum Gasteiger partial charge on any atom is 0.430 e. The van der Waals surface area contributed by atoms with Crippen LogP contribution < -0.4 is 0 Å². The van der Waals surface area contributed by atoms with E-state index in [0.29, 0.717) is 25.9 Å². The van der Waals surface area contributed by atoms with E-state index in [1.54, 1.807) is 30.6 Å². The molecule has 0 unspecified atom stereocenters. The van der Waals surface area contributed by atoms with Gasteiger partial charge in [0, 0.05) is 39.1 Å². The van der Waals surface area contributed by atoms with E-state index in [1.807, 2.05) is 6.92 Å². The van der Waals surface area contributed by atoms with E-state index in [9.17, 15) is 22.8 Å². The summed E-state index contributed by atoms with van der Waals surface area (Å²) in [4.78, 5) is 33.8. The van der Waals surface area contributed by atoms with Gasteiger partial charge in [-0.1, -0.05) is 19.9 Å². The van der Waals surface area contributed by atoms with Crippen molar-refractivity contribution in [3.8, 4) is 0 Å². The molecule has 176 valence electrons.